The predicted octanol–water partition coefficient (Wildman–Crippen LogP) is 3.30. The number of nitrogens with two attached hydrogens (primary N) is 1. The van der Waals surface area contributed by atoms with Crippen LogP contribution in [0.3, 0.4) is 0 Å². The Hall–Kier alpha value is -1.96. The fourth-order valence-electron chi connectivity index (χ4n) is 2.10. The summed E-state index contributed by atoms with van der Waals surface area (Å²) >= 11 is 0. The van der Waals surface area contributed by atoms with E-state index in [1.165, 1.54) is 0 Å². The number of nitrogen functional groups attached to an aromatic ring is 1. The molecular formula is C15H17NO. The molecule has 0 unspecified atom stereocenters. The first-order valence-corrected chi connectivity index (χ1v) is 5.66. The standard InChI is InChI=1S/C15H17NO/c1-15(2,11-7-9-12(17)10-8-11)13-5-3-4-6-14(13)16/h3-10,17H,16H2,1-2H3. The van der Waals surface area contributed by atoms with Gasteiger partial charge < -0.3 is 10.8 Å². The molecule has 2 aromatic rings. The zero-order valence-electron chi connectivity index (χ0n) is 10.1. The van der Waals surface area contributed by atoms with Crippen LogP contribution in [0.25, 0.3) is 0 Å². The Bertz CT molecular complexity index is 515. The molecule has 3 N–H and O–H groups in total. The van der Waals surface area contributed by atoms with Crippen molar-refractivity contribution in [3.63, 3.8) is 0 Å². The third-order valence-electron chi connectivity index (χ3n) is 3.22. The third-order valence-corrected chi connectivity index (χ3v) is 3.22. The lowest BCUT2D eigenvalue weighted by molar-refractivity contribution is 0.474. The van der Waals surface area contributed by atoms with Gasteiger partial charge >= 0.3 is 0 Å². The van der Waals surface area contributed by atoms with E-state index in [0.717, 1.165) is 16.8 Å². The van der Waals surface area contributed by atoms with Crippen LogP contribution in [0.4, 0.5) is 5.69 Å². The first-order chi connectivity index (χ1) is 8.01. The third kappa shape index (κ3) is 2.11. The minimum Gasteiger partial charge on any atom is -0.508 e. The Balaban J connectivity index is 2.49. The molecule has 0 aliphatic carbocycles. The first kappa shape index (κ1) is 11.5. The fraction of sp³-hybridized carbons (Fsp3) is 0.200. The number of hydrogen-bond acceptors (Lipinski definition) is 2. The number of para-hydroxylation sites is 1. The zero-order chi connectivity index (χ0) is 12.5. The lowest BCUT2D eigenvalue weighted by atomic mass is 9.77. The molecule has 2 aromatic carbocycles. The van der Waals surface area contributed by atoms with Gasteiger partial charge in [-0.05, 0) is 29.3 Å². The van der Waals surface area contributed by atoms with E-state index < -0.39 is 0 Å². The monoisotopic (exact) mass is 227 g/mol. The number of anilines is 1. The zero-order valence-corrected chi connectivity index (χ0v) is 10.1. The molecule has 0 fully saturated rings. The average molecular weight is 227 g/mol. The summed E-state index contributed by atoms with van der Waals surface area (Å²) in [4.78, 5) is 0. The Morgan fingerprint density at radius 2 is 1.53 bits per heavy atom. The van der Waals surface area contributed by atoms with Gasteiger partial charge in [-0.15, -0.1) is 0 Å². The molecule has 0 aromatic heterocycles. The van der Waals surface area contributed by atoms with E-state index in [0.29, 0.717) is 0 Å². The van der Waals surface area contributed by atoms with Crippen molar-refractivity contribution in [2.75, 3.05) is 5.73 Å². The van der Waals surface area contributed by atoms with Gasteiger partial charge in [0.2, 0.25) is 0 Å². The molecule has 0 bridgehead atoms. The molecule has 0 atom stereocenters. The molecule has 0 saturated heterocycles. The van der Waals surface area contributed by atoms with Gasteiger partial charge in [-0.25, -0.2) is 0 Å². The van der Waals surface area contributed by atoms with Gasteiger partial charge in [-0.1, -0.05) is 44.2 Å². The van der Waals surface area contributed by atoms with E-state index in [-0.39, 0.29) is 11.2 Å². The van der Waals surface area contributed by atoms with Crippen molar-refractivity contribution in [1.82, 2.24) is 0 Å². The maximum absolute atomic E-state index is 9.32. The number of phenolic OH excluding ortho intramolecular Hbond substituents is 1. The van der Waals surface area contributed by atoms with Gasteiger partial charge in [-0.3, -0.25) is 0 Å². The molecule has 17 heavy (non-hydrogen) atoms. The van der Waals surface area contributed by atoms with E-state index in [4.69, 9.17) is 5.73 Å². The molecule has 2 nitrogen and oxygen atoms in total. The Morgan fingerprint density at radius 1 is 0.941 bits per heavy atom. The van der Waals surface area contributed by atoms with Crippen LogP contribution in [0.2, 0.25) is 0 Å². The molecule has 0 aliphatic heterocycles. The van der Waals surface area contributed by atoms with Crippen LogP contribution in [0.5, 0.6) is 5.75 Å². The minimum atomic E-state index is -0.168. The van der Waals surface area contributed by atoms with Gasteiger partial charge in [0.15, 0.2) is 0 Å². The highest BCUT2D eigenvalue weighted by Crippen LogP contribution is 2.35. The van der Waals surface area contributed by atoms with E-state index >= 15 is 0 Å². The largest absolute Gasteiger partial charge is 0.508 e. The molecule has 0 radical (unpaired) electrons. The smallest absolute Gasteiger partial charge is 0.115 e. The average Bonchev–Trinajstić information content (AvgIpc) is 2.30. The van der Waals surface area contributed by atoms with Gasteiger partial charge in [0.1, 0.15) is 5.75 Å². The predicted molar refractivity (Wildman–Crippen MR) is 71.1 cm³/mol. The second-order valence-electron chi connectivity index (χ2n) is 4.76. The highest BCUT2D eigenvalue weighted by atomic mass is 16.3. The summed E-state index contributed by atoms with van der Waals surface area (Å²) in [5.74, 6) is 0.283. The van der Waals surface area contributed by atoms with Crippen LogP contribution in [-0.4, -0.2) is 5.11 Å². The highest BCUT2D eigenvalue weighted by molar-refractivity contribution is 5.54. The Morgan fingerprint density at radius 3 is 2.12 bits per heavy atom. The SMILES string of the molecule is CC(C)(c1ccc(O)cc1)c1ccccc1N. The van der Waals surface area contributed by atoms with Crippen LogP contribution in [0.1, 0.15) is 25.0 Å². The normalized spacial score (nSPS) is 11.4. The molecule has 2 heteroatoms. The van der Waals surface area contributed by atoms with E-state index in [1.807, 2.05) is 36.4 Å². The van der Waals surface area contributed by atoms with Gasteiger partial charge in [0.25, 0.3) is 0 Å². The van der Waals surface area contributed by atoms with Crippen LogP contribution < -0.4 is 5.73 Å². The molecule has 2 rings (SSSR count). The Kier molecular flexibility index (Phi) is 2.80. The molecule has 0 heterocycles. The lowest BCUT2D eigenvalue weighted by Crippen LogP contribution is -2.20. The second kappa shape index (κ2) is 4.13. The van der Waals surface area contributed by atoms with E-state index in [9.17, 15) is 5.11 Å². The summed E-state index contributed by atoms with van der Waals surface area (Å²) in [7, 11) is 0. The van der Waals surface area contributed by atoms with Gasteiger partial charge in [-0.2, -0.15) is 0 Å². The molecular weight excluding hydrogens is 210 g/mol. The molecule has 0 spiro atoms. The fourth-order valence-corrected chi connectivity index (χ4v) is 2.10. The second-order valence-corrected chi connectivity index (χ2v) is 4.76. The van der Waals surface area contributed by atoms with E-state index in [2.05, 4.69) is 13.8 Å². The minimum absolute atomic E-state index is 0.168. The number of phenols is 1. The van der Waals surface area contributed by atoms with Crippen molar-refractivity contribution >= 4 is 5.69 Å². The van der Waals surface area contributed by atoms with Crippen LogP contribution in [0.15, 0.2) is 48.5 Å². The Labute approximate surface area is 102 Å². The van der Waals surface area contributed by atoms with Crippen molar-refractivity contribution < 1.29 is 5.11 Å². The topological polar surface area (TPSA) is 46.2 Å². The van der Waals surface area contributed by atoms with Crippen LogP contribution in [-0.2, 0) is 5.41 Å². The molecule has 88 valence electrons. The molecule has 0 saturated carbocycles. The maximum Gasteiger partial charge on any atom is 0.115 e. The summed E-state index contributed by atoms with van der Waals surface area (Å²) < 4.78 is 0. The van der Waals surface area contributed by atoms with Crippen molar-refractivity contribution in [3.05, 3.63) is 59.7 Å². The molecule has 0 amide bonds. The van der Waals surface area contributed by atoms with Gasteiger partial charge in [0.05, 0.1) is 0 Å². The number of rotatable bonds is 2. The van der Waals surface area contributed by atoms with Crippen molar-refractivity contribution in [2.24, 2.45) is 0 Å². The number of aromatic hydroxyl groups is 1. The number of benzene rings is 2. The quantitative estimate of drug-likeness (QED) is 0.773. The first-order valence-electron chi connectivity index (χ1n) is 5.66. The van der Waals surface area contributed by atoms with Crippen LogP contribution in [0, 0.1) is 0 Å². The number of hydrogen-bond donors (Lipinski definition) is 2. The highest BCUT2D eigenvalue weighted by Gasteiger charge is 2.24. The maximum atomic E-state index is 9.32. The summed E-state index contributed by atoms with van der Waals surface area (Å²) in [5.41, 5.74) is 8.89. The van der Waals surface area contributed by atoms with Crippen molar-refractivity contribution in [2.45, 2.75) is 19.3 Å². The van der Waals surface area contributed by atoms with Gasteiger partial charge in [0, 0.05) is 11.1 Å². The summed E-state index contributed by atoms with van der Waals surface area (Å²) in [6, 6.07) is 15.2. The summed E-state index contributed by atoms with van der Waals surface area (Å²) in [6.45, 7) is 4.26. The molecule has 0 aliphatic rings. The van der Waals surface area contributed by atoms with Crippen molar-refractivity contribution in [1.29, 1.82) is 0 Å². The van der Waals surface area contributed by atoms with Crippen LogP contribution >= 0.6 is 0 Å². The lowest BCUT2D eigenvalue weighted by Gasteiger charge is -2.27. The summed E-state index contributed by atoms with van der Waals surface area (Å²) in [6.07, 6.45) is 0. The summed E-state index contributed by atoms with van der Waals surface area (Å²) in [5, 5.41) is 9.32. The van der Waals surface area contributed by atoms with Crippen molar-refractivity contribution in [3.8, 4) is 5.75 Å². The van der Waals surface area contributed by atoms with E-state index in [1.54, 1.807) is 12.1 Å².